The molecule has 0 saturated heterocycles. The van der Waals surface area contributed by atoms with Crippen molar-refractivity contribution in [3.8, 4) is 0 Å². The highest BCUT2D eigenvalue weighted by Gasteiger charge is 2.00. The maximum absolute atomic E-state index is 6.93. The van der Waals surface area contributed by atoms with Gasteiger partial charge in [-0.3, -0.25) is 5.41 Å². The highest BCUT2D eigenvalue weighted by molar-refractivity contribution is 7.13. The van der Waals surface area contributed by atoms with Gasteiger partial charge < -0.3 is 5.73 Å². The van der Waals surface area contributed by atoms with Gasteiger partial charge in [-0.2, -0.15) is 0 Å². The lowest BCUT2D eigenvalue weighted by Gasteiger charge is -1.82. The molecule has 0 fully saturated rings. The van der Waals surface area contributed by atoms with Crippen molar-refractivity contribution in [2.75, 3.05) is 0 Å². The van der Waals surface area contributed by atoms with Gasteiger partial charge in [-0.05, 0) is 6.92 Å². The van der Waals surface area contributed by atoms with Gasteiger partial charge in [0.15, 0.2) is 10.8 Å². The van der Waals surface area contributed by atoms with Crippen LogP contribution in [0.4, 0.5) is 0 Å². The van der Waals surface area contributed by atoms with Crippen LogP contribution in [0.25, 0.3) is 0 Å². The van der Waals surface area contributed by atoms with E-state index in [1.165, 1.54) is 11.3 Å². The lowest BCUT2D eigenvalue weighted by molar-refractivity contribution is 1.04. The van der Waals surface area contributed by atoms with E-state index >= 15 is 0 Å². The molecule has 1 rings (SSSR count). The van der Waals surface area contributed by atoms with Crippen LogP contribution in [0.5, 0.6) is 0 Å². The van der Waals surface area contributed by atoms with Crippen LogP contribution in [0.2, 0.25) is 0 Å². The molecule has 0 radical (unpaired) electrons. The lowest BCUT2D eigenvalue weighted by Crippen LogP contribution is -2.10. The molecule has 1 aromatic heterocycles. The van der Waals surface area contributed by atoms with Crippen molar-refractivity contribution in [1.82, 2.24) is 10.2 Å². The molecule has 1 heterocycles. The summed E-state index contributed by atoms with van der Waals surface area (Å²) in [4.78, 5) is 0. The fraction of sp³-hybridized carbons (Fsp3) is 0.250. The first-order valence-corrected chi connectivity index (χ1v) is 3.16. The van der Waals surface area contributed by atoms with Crippen molar-refractivity contribution >= 4 is 29.6 Å². The van der Waals surface area contributed by atoms with E-state index in [0.717, 1.165) is 5.01 Å². The fourth-order valence-corrected chi connectivity index (χ4v) is 0.958. The quantitative estimate of drug-likeness (QED) is 0.487. The van der Waals surface area contributed by atoms with Crippen LogP contribution in [0.3, 0.4) is 0 Å². The van der Waals surface area contributed by atoms with Crippen molar-refractivity contribution in [2.24, 2.45) is 5.73 Å². The van der Waals surface area contributed by atoms with Crippen molar-refractivity contribution < 1.29 is 0 Å². The molecule has 0 atom stereocenters. The average Bonchev–Trinajstić information content (AvgIpc) is 2.14. The van der Waals surface area contributed by atoms with Crippen molar-refractivity contribution in [3.63, 3.8) is 0 Å². The molecule has 0 aliphatic carbocycles. The topological polar surface area (TPSA) is 75.7 Å². The zero-order valence-corrected chi connectivity index (χ0v) is 6.92. The van der Waals surface area contributed by atoms with Gasteiger partial charge in [-0.15, -0.1) is 22.6 Å². The van der Waals surface area contributed by atoms with E-state index < -0.39 is 0 Å². The highest BCUT2D eigenvalue weighted by atomic mass is 35.5. The van der Waals surface area contributed by atoms with E-state index in [-0.39, 0.29) is 18.2 Å². The van der Waals surface area contributed by atoms with Gasteiger partial charge in [-0.1, -0.05) is 11.3 Å². The first-order valence-electron chi connectivity index (χ1n) is 2.34. The fourth-order valence-electron chi connectivity index (χ4n) is 0.405. The van der Waals surface area contributed by atoms with Crippen molar-refractivity contribution in [2.45, 2.75) is 6.92 Å². The van der Waals surface area contributed by atoms with E-state index in [2.05, 4.69) is 10.2 Å². The number of nitrogens with one attached hydrogen (secondary N) is 1. The Morgan fingerprint density at radius 2 is 2.20 bits per heavy atom. The molecule has 56 valence electrons. The van der Waals surface area contributed by atoms with Gasteiger partial charge in [-0.25, -0.2) is 0 Å². The molecule has 0 aliphatic heterocycles. The van der Waals surface area contributed by atoms with E-state index in [1.807, 2.05) is 6.92 Å². The largest absolute Gasteiger partial charge is 0.382 e. The smallest absolute Gasteiger partial charge is 0.182 e. The summed E-state index contributed by atoms with van der Waals surface area (Å²) in [6.07, 6.45) is 0. The van der Waals surface area contributed by atoms with Gasteiger partial charge in [0, 0.05) is 0 Å². The Kier molecular flexibility index (Phi) is 3.24. The third-order valence-corrected chi connectivity index (χ3v) is 1.63. The number of nitrogen functional groups attached to an aromatic ring is 1. The Labute approximate surface area is 68.4 Å². The molecule has 1 aromatic rings. The molecular formula is C4H7ClN4S. The van der Waals surface area contributed by atoms with E-state index in [4.69, 9.17) is 11.1 Å². The minimum absolute atomic E-state index is 0. The summed E-state index contributed by atoms with van der Waals surface area (Å²) in [5.74, 6) is -0.0133. The standard InChI is InChI=1S/C4H6N4S.ClH/c1-2-7-8-4(9-2)3(5)6;/h1H3,(H3,5,6);1H. The van der Waals surface area contributed by atoms with E-state index in [0.29, 0.717) is 5.01 Å². The van der Waals surface area contributed by atoms with Gasteiger partial charge in [0.05, 0.1) is 0 Å². The van der Waals surface area contributed by atoms with Crippen molar-refractivity contribution in [3.05, 3.63) is 10.0 Å². The molecule has 0 aliphatic rings. The predicted molar refractivity (Wildman–Crippen MR) is 42.9 cm³/mol. The van der Waals surface area contributed by atoms with E-state index in [9.17, 15) is 0 Å². The Morgan fingerprint density at radius 1 is 1.60 bits per heavy atom. The van der Waals surface area contributed by atoms with E-state index in [1.54, 1.807) is 0 Å². The molecule has 6 heteroatoms. The molecule has 0 saturated carbocycles. The predicted octanol–water partition coefficient (Wildman–Crippen LogP) is 0.552. The molecule has 0 amide bonds. The minimum Gasteiger partial charge on any atom is -0.382 e. The molecular weight excluding hydrogens is 172 g/mol. The summed E-state index contributed by atoms with van der Waals surface area (Å²) in [7, 11) is 0. The Hall–Kier alpha value is -0.680. The number of nitrogens with zero attached hydrogens (tertiary/aromatic N) is 2. The molecule has 10 heavy (non-hydrogen) atoms. The number of hydrogen-bond acceptors (Lipinski definition) is 4. The second kappa shape index (κ2) is 3.48. The zero-order valence-electron chi connectivity index (χ0n) is 5.29. The summed E-state index contributed by atoms with van der Waals surface area (Å²) in [6.45, 7) is 1.82. The van der Waals surface area contributed by atoms with Gasteiger partial charge in [0.2, 0.25) is 0 Å². The SMILES string of the molecule is Cc1nnc(C(=N)N)s1.Cl. The van der Waals surface area contributed by atoms with Crippen LogP contribution in [-0.2, 0) is 0 Å². The summed E-state index contributed by atoms with van der Waals surface area (Å²) < 4.78 is 0. The second-order valence-electron chi connectivity index (χ2n) is 1.54. The number of aryl methyl sites for hydroxylation is 1. The first kappa shape index (κ1) is 9.32. The third-order valence-electron chi connectivity index (χ3n) is 0.756. The second-order valence-corrected chi connectivity index (χ2v) is 2.72. The molecule has 4 nitrogen and oxygen atoms in total. The Morgan fingerprint density at radius 3 is 2.40 bits per heavy atom. The summed E-state index contributed by atoms with van der Waals surface area (Å²) in [5.41, 5.74) is 5.12. The maximum Gasteiger partial charge on any atom is 0.182 e. The average molecular weight is 179 g/mol. The molecule has 0 unspecified atom stereocenters. The monoisotopic (exact) mass is 178 g/mol. The third kappa shape index (κ3) is 1.93. The number of hydrogen-bond donors (Lipinski definition) is 2. The number of halogens is 1. The summed E-state index contributed by atoms with van der Waals surface area (Å²) in [5, 5.41) is 15.6. The molecule has 0 spiro atoms. The van der Waals surface area contributed by atoms with Crippen molar-refractivity contribution in [1.29, 1.82) is 5.41 Å². The van der Waals surface area contributed by atoms with Crippen LogP contribution in [-0.4, -0.2) is 16.0 Å². The molecule has 3 N–H and O–H groups in total. The van der Waals surface area contributed by atoms with Crippen LogP contribution in [0, 0.1) is 12.3 Å². The Bertz CT molecular complexity index is 233. The molecule has 0 bridgehead atoms. The highest BCUT2D eigenvalue weighted by Crippen LogP contribution is 2.05. The first-order chi connectivity index (χ1) is 4.20. The molecule has 0 aromatic carbocycles. The summed E-state index contributed by atoms with van der Waals surface area (Å²) >= 11 is 1.32. The minimum atomic E-state index is -0.0133. The summed E-state index contributed by atoms with van der Waals surface area (Å²) in [6, 6.07) is 0. The van der Waals surface area contributed by atoms with Crippen LogP contribution in [0.1, 0.15) is 10.0 Å². The number of amidine groups is 1. The maximum atomic E-state index is 6.93. The number of nitrogens with two attached hydrogens (primary N) is 1. The van der Waals surface area contributed by atoms with Crippen LogP contribution in [0.15, 0.2) is 0 Å². The van der Waals surface area contributed by atoms with Crippen LogP contribution >= 0.6 is 23.7 Å². The van der Waals surface area contributed by atoms with Crippen LogP contribution < -0.4 is 5.73 Å². The number of rotatable bonds is 1. The number of aromatic nitrogens is 2. The van der Waals surface area contributed by atoms with Gasteiger partial charge >= 0.3 is 0 Å². The Balaban J connectivity index is 0.000000810. The zero-order chi connectivity index (χ0) is 6.85. The van der Waals surface area contributed by atoms with Gasteiger partial charge in [0.25, 0.3) is 0 Å². The lowest BCUT2D eigenvalue weighted by atomic mass is 10.7. The van der Waals surface area contributed by atoms with Gasteiger partial charge in [0.1, 0.15) is 5.01 Å². The normalized spacial score (nSPS) is 8.50.